The van der Waals surface area contributed by atoms with Crippen molar-refractivity contribution in [3.05, 3.63) is 18.0 Å². The monoisotopic (exact) mass is 255 g/mol. The minimum Gasteiger partial charge on any atom is -0.295 e. The minimum absolute atomic E-state index is 0.721. The third kappa shape index (κ3) is 3.46. The molecule has 0 bridgehead atoms. The first-order valence-electron chi connectivity index (χ1n) is 6.65. The second kappa shape index (κ2) is 6.41. The summed E-state index contributed by atoms with van der Waals surface area (Å²) in [6.07, 6.45) is 9.54. The summed E-state index contributed by atoms with van der Waals surface area (Å²) in [6, 6.07) is 0.735. The van der Waals surface area contributed by atoms with Gasteiger partial charge < -0.3 is 0 Å². The summed E-state index contributed by atoms with van der Waals surface area (Å²) in [5.41, 5.74) is 1.31. The first kappa shape index (κ1) is 12.9. The Morgan fingerprint density at radius 1 is 1.47 bits per heavy atom. The van der Waals surface area contributed by atoms with E-state index in [1.807, 2.05) is 10.9 Å². The van der Waals surface area contributed by atoms with Crippen molar-refractivity contribution in [3.63, 3.8) is 0 Å². The maximum atomic E-state index is 5.91. The van der Waals surface area contributed by atoms with Gasteiger partial charge in [-0.15, -0.1) is 11.6 Å². The molecule has 0 N–H and O–H groups in total. The fourth-order valence-electron chi connectivity index (χ4n) is 2.66. The molecule has 0 atom stereocenters. The Hall–Kier alpha value is -0.540. The predicted octanol–water partition coefficient (Wildman–Crippen LogP) is 2.89. The summed E-state index contributed by atoms with van der Waals surface area (Å²) in [5.74, 6) is 0.721. The number of rotatable bonds is 6. The van der Waals surface area contributed by atoms with E-state index in [4.69, 9.17) is 11.6 Å². The maximum Gasteiger partial charge on any atom is 0.0534 e. The molecule has 1 aliphatic carbocycles. The lowest BCUT2D eigenvalue weighted by molar-refractivity contribution is 0.201. The molecule has 1 aromatic heterocycles. The van der Waals surface area contributed by atoms with Crippen molar-refractivity contribution in [1.82, 2.24) is 14.7 Å². The Bertz CT molecular complexity index is 331. The Morgan fingerprint density at radius 2 is 2.24 bits per heavy atom. The Labute approximate surface area is 109 Å². The van der Waals surface area contributed by atoms with Crippen LogP contribution in [0.25, 0.3) is 0 Å². The van der Waals surface area contributed by atoms with Crippen LogP contribution >= 0.6 is 11.6 Å². The third-order valence-corrected chi connectivity index (χ3v) is 3.78. The molecule has 1 saturated carbocycles. The van der Waals surface area contributed by atoms with E-state index in [-0.39, 0.29) is 0 Å². The molecule has 3 nitrogen and oxygen atoms in total. The first-order chi connectivity index (χ1) is 8.33. The van der Waals surface area contributed by atoms with Crippen LogP contribution in [0, 0.1) is 0 Å². The molecule has 0 aromatic carbocycles. The molecule has 0 spiro atoms. The summed E-state index contributed by atoms with van der Waals surface area (Å²) in [5, 5.41) is 4.33. The zero-order valence-electron chi connectivity index (χ0n) is 10.6. The number of aryl methyl sites for hydroxylation is 1. The van der Waals surface area contributed by atoms with E-state index < -0.39 is 0 Å². The number of aromatic nitrogens is 2. The zero-order valence-corrected chi connectivity index (χ0v) is 11.4. The molecule has 2 rings (SSSR count). The molecule has 0 radical (unpaired) electrons. The van der Waals surface area contributed by atoms with Crippen LogP contribution in [0.2, 0.25) is 0 Å². The van der Waals surface area contributed by atoms with Gasteiger partial charge in [-0.3, -0.25) is 9.58 Å². The lowest BCUT2D eigenvalue weighted by Gasteiger charge is -2.27. The number of halogens is 1. The highest BCUT2D eigenvalue weighted by Gasteiger charge is 2.22. The molecule has 96 valence electrons. The summed E-state index contributed by atoms with van der Waals surface area (Å²) < 4.78 is 1.99. The van der Waals surface area contributed by atoms with Crippen molar-refractivity contribution in [2.45, 2.75) is 51.7 Å². The van der Waals surface area contributed by atoms with E-state index in [0.717, 1.165) is 31.6 Å². The molecule has 4 heteroatoms. The molecule has 0 saturated heterocycles. The van der Waals surface area contributed by atoms with Crippen molar-refractivity contribution >= 4 is 11.6 Å². The summed E-state index contributed by atoms with van der Waals surface area (Å²) in [6.45, 7) is 5.05. The van der Waals surface area contributed by atoms with E-state index >= 15 is 0 Å². The van der Waals surface area contributed by atoms with Crippen LogP contribution in [0.5, 0.6) is 0 Å². The summed E-state index contributed by atoms with van der Waals surface area (Å²) in [7, 11) is 0. The highest BCUT2D eigenvalue weighted by Crippen LogP contribution is 2.24. The molecule has 1 aliphatic rings. The van der Waals surface area contributed by atoms with Crippen LogP contribution in [0.4, 0.5) is 0 Å². The predicted molar refractivity (Wildman–Crippen MR) is 71.3 cm³/mol. The second-order valence-corrected chi connectivity index (χ2v) is 5.18. The van der Waals surface area contributed by atoms with Gasteiger partial charge in [0.25, 0.3) is 0 Å². The first-order valence-corrected chi connectivity index (χ1v) is 7.18. The molecule has 17 heavy (non-hydrogen) atoms. The van der Waals surface area contributed by atoms with Crippen molar-refractivity contribution in [1.29, 1.82) is 0 Å². The van der Waals surface area contributed by atoms with Crippen LogP contribution in [0.1, 0.15) is 38.2 Å². The number of hydrogen-bond donors (Lipinski definition) is 0. The molecular weight excluding hydrogens is 234 g/mol. The average Bonchev–Trinajstić information content (AvgIpc) is 2.99. The van der Waals surface area contributed by atoms with Crippen molar-refractivity contribution in [2.24, 2.45) is 0 Å². The van der Waals surface area contributed by atoms with Crippen molar-refractivity contribution in [3.8, 4) is 0 Å². The normalized spacial score (nSPS) is 17.1. The average molecular weight is 256 g/mol. The van der Waals surface area contributed by atoms with Gasteiger partial charge >= 0.3 is 0 Å². The lowest BCUT2D eigenvalue weighted by atomic mass is 10.2. The SMILES string of the molecule is CCn1cc(CN(CCCl)C2CCCC2)cn1. The second-order valence-electron chi connectivity index (χ2n) is 4.80. The van der Waals surface area contributed by atoms with Gasteiger partial charge in [0.2, 0.25) is 0 Å². The van der Waals surface area contributed by atoms with Crippen molar-refractivity contribution in [2.75, 3.05) is 12.4 Å². The molecule has 0 amide bonds. The van der Waals surface area contributed by atoms with E-state index in [1.165, 1.54) is 31.2 Å². The quantitative estimate of drug-likeness (QED) is 0.729. The van der Waals surface area contributed by atoms with E-state index in [2.05, 4.69) is 23.1 Å². The fourth-order valence-corrected chi connectivity index (χ4v) is 2.88. The van der Waals surface area contributed by atoms with Gasteiger partial charge in [0.05, 0.1) is 6.20 Å². The van der Waals surface area contributed by atoms with Gasteiger partial charge in [-0.05, 0) is 19.8 Å². The number of alkyl halides is 1. The van der Waals surface area contributed by atoms with Crippen LogP contribution < -0.4 is 0 Å². The molecule has 1 fully saturated rings. The molecule has 1 heterocycles. The van der Waals surface area contributed by atoms with Crippen molar-refractivity contribution < 1.29 is 0 Å². The number of nitrogens with zero attached hydrogens (tertiary/aromatic N) is 3. The highest BCUT2D eigenvalue weighted by molar-refractivity contribution is 6.18. The van der Waals surface area contributed by atoms with Gasteiger partial charge in [0, 0.05) is 43.3 Å². The third-order valence-electron chi connectivity index (χ3n) is 3.61. The van der Waals surface area contributed by atoms with Gasteiger partial charge in [0.15, 0.2) is 0 Å². The van der Waals surface area contributed by atoms with E-state index in [0.29, 0.717) is 0 Å². The Morgan fingerprint density at radius 3 is 2.82 bits per heavy atom. The van der Waals surface area contributed by atoms with E-state index in [1.54, 1.807) is 0 Å². The largest absolute Gasteiger partial charge is 0.295 e. The molecule has 0 aliphatic heterocycles. The van der Waals surface area contributed by atoms with Gasteiger partial charge in [-0.25, -0.2) is 0 Å². The highest BCUT2D eigenvalue weighted by atomic mass is 35.5. The Balaban J connectivity index is 1.96. The van der Waals surface area contributed by atoms with Gasteiger partial charge in [-0.1, -0.05) is 12.8 Å². The minimum atomic E-state index is 0.721. The van der Waals surface area contributed by atoms with Crippen LogP contribution in [-0.4, -0.2) is 33.1 Å². The summed E-state index contributed by atoms with van der Waals surface area (Å²) >= 11 is 5.91. The topological polar surface area (TPSA) is 21.1 Å². The molecule has 1 aromatic rings. The molecule has 0 unspecified atom stereocenters. The van der Waals surface area contributed by atoms with Gasteiger partial charge in [-0.2, -0.15) is 5.10 Å². The smallest absolute Gasteiger partial charge is 0.0534 e. The maximum absolute atomic E-state index is 5.91. The van der Waals surface area contributed by atoms with Crippen LogP contribution in [-0.2, 0) is 13.1 Å². The molecular formula is C13H22ClN3. The Kier molecular flexibility index (Phi) is 4.86. The zero-order chi connectivity index (χ0) is 12.1. The van der Waals surface area contributed by atoms with Gasteiger partial charge in [0.1, 0.15) is 0 Å². The standard InChI is InChI=1S/C13H22ClN3/c1-2-17-11-12(9-15-17)10-16(8-7-14)13-5-3-4-6-13/h9,11,13H,2-8,10H2,1H3. The van der Waals surface area contributed by atoms with E-state index in [9.17, 15) is 0 Å². The van der Waals surface area contributed by atoms with Crippen LogP contribution in [0.3, 0.4) is 0 Å². The summed E-state index contributed by atoms with van der Waals surface area (Å²) in [4.78, 5) is 2.52. The van der Waals surface area contributed by atoms with Crippen LogP contribution in [0.15, 0.2) is 12.4 Å². The number of hydrogen-bond acceptors (Lipinski definition) is 2. The fraction of sp³-hybridized carbons (Fsp3) is 0.769. The lowest BCUT2D eigenvalue weighted by Crippen LogP contribution is -2.34.